The van der Waals surface area contributed by atoms with E-state index in [1.807, 2.05) is 273 Å². The molecule has 0 radical (unpaired) electrons. The molecule has 9 aromatic rings. The number of hydrogen-bond acceptors (Lipinski definition) is 3. The van der Waals surface area contributed by atoms with Crippen molar-refractivity contribution in [3.63, 3.8) is 0 Å². The summed E-state index contributed by atoms with van der Waals surface area (Å²) in [5, 5.41) is 30.6. The number of rotatable bonds is 12. The van der Waals surface area contributed by atoms with Crippen LogP contribution in [-0.4, -0.2) is 33.2 Å². The monoisotopic (exact) mass is 1030 g/mol. The molecular formula is C69H61O6Ti-. The molecule has 3 N–H and O–H groups in total. The maximum absolute atomic E-state index is 12.4. The van der Waals surface area contributed by atoms with Crippen LogP contribution in [0.25, 0.3) is 0 Å². The van der Waals surface area contributed by atoms with E-state index in [0.29, 0.717) is 5.92 Å². The molecule has 0 amide bonds. The molecule has 0 spiro atoms. The number of carbonyl (C=O) groups is 3. The Hall–Kier alpha value is -8.42. The van der Waals surface area contributed by atoms with Gasteiger partial charge in [-0.2, -0.15) is 11.1 Å². The largest absolute Gasteiger partial charge is 0.480 e. The van der Waals surface area contributed by atoms with E-state index in [1.54, 1.807) is 0 Å². The van der Waals surface area contributed by atoms with Crippen molar-refractivity contribution in [2.75, 3.05) is 0 Å². The predicted molar refractivity (Wildman–Crippen MR) is 300 cm³/mol. The molecule has 9 aromatic carbocycles. The van der Waals surface area contributed by atoms with Gasteiger partial charge < -0.3 is 15.3 Å². The molecule has 6 nitrogen and oxygen atoms in total. The Morgan fingerprint density at radius 3 is 0.539 bits per heavy atom. The van der Waals surface area contributed by atoms with Crippen LogP contribution < -0.4 is 0 Å². The number of aliphatic carboxylic acids is 3. The van der Waals surface area contributed by atoms with Gasteiger partial charge >= 0.3 is 17.9 Å². The first-order chi connectivity index (χ1) is 36.4. The van der Waals surface area contributed by atoms with Crippen molar-refractivity contribution >= 4 is 17.9 Å². The third kappa shape index (κ3) is 11.9. The van der Waals surface area contributed by atoms with Crippen molar-refractivity contribution in [3.8, 4) is 0 Å². The van der Waals surface area contributed by atoms with Gasteiger partial charge in [-0.15, -0.1) is 6.92 Å². The number of allylic oxidation sites excluding steroid dienone is 4. The maximum Gasteiger partial charge on any atom is 0.323 e. The first-order valence-electron chi connectivity index (χ1n) is 24.9. The first kappa shape index (κ1) is 56.9. The minimum Gasteiger partial charge on any atom is -0.480 e. The molecule has 0 bridgehead atoms. The first-order valence-corrected chi connectivity index (χ1v) is 24.9. The summed E-state index contributed by atoms with van der Waals surface area (Å²) in [5.74, 6) is -2.08. The van der Waals surface area contributed by atoms with Crippen LogP contribution in [0.4, 0.5) is 0 Å². The summed E-state index contributed by atoms with van der Waals surface area (Å²) < 4.78 is 0. The van der Waals surface area contributed by atoms with Crippen molar-refractivity contribution in [2.45, 2.75) is 43.9 Å². The minimum atomic E-state index is -1.20. The zero-order valence-electron chi connectivity index (χ0n) is 43.1. The second kappa shape index (κ2) is 26.7. The molecule has 0 aliphatic heterocycles. The topological polar surface area (TPSA) is 112 Å². The van der Waals surface area contributed by atoms with Crippen molar-refractivity contribution in [1.29, 1.82) is 0 Å². The van der Waals surface area contributed by atoms with Gasteiger partial charge in [-0.3, -0.25) is 20.5 Å². The Bertz CT molecular complexity index is 2680. The number of hydrogen-bond donors (Lipinski definition) is 3. The third-order valence-corrected chi connectivity index (χ3v) is 14.1. The molecule has 10 rings (SSSR count). The Balaban J connectivity index is 0.000000170. The van der Waals surface area contributed by atoms with Gasteiger partial charge in [0, 0.05) is 21.7 Å². The van der Waals surface area contributed by atoms with E-state index in [9.17, 15) is 29.7 Å². The Kier molecular flexibility index (Phi) is 20.0. The SMILES string of the molecule is CC1=[C-]C(C)C(C)=C1C.O=C(O)C(c1ccccc1)(c1ccccc1)c1ccccc1.O=C(O)C(c1ccccc1)(c1ccccc1)c1ccccc1.O=C(O)C(c1ccccc1)(c1ccccc1)c1ccccc1.[Ti]. The summed E-state index contributed by atoms with van der Waals surface area (Å²) in [6, 6.07) is 84.4. The quantitative estimate of drug-likeness (QED) is 0.0638. The number of benzene rings is 9. The fraction of sp³-hybridized carbons (Fsp3) is 0.116. The van der Waals surface area contributed by atoms with Gasteiger partial charge in [-0.1, -0.05) is 300 Å². The average molecular weight is 1030 g/mol. The minimum absolute atomic E-state index is 0. The van der Waals surface area contributed by atoms with Crippen LogP contribution in [0.1, 0.15) is 77.8 Å². The van der Waals surface area contributed by atoms with E-state index in [1.165, 1.54) is 16.7 Å². The van der Waals surface area contributed by atoms with Crippen molar-refractivity contribution in [1.82, 2.24) is 0 Å². The molecule has 0 saturated carbocycles. The fourth-order valence-corrected chi connectivity index (χ4v) is 9.97. The second-order valence-corrected chi connectivity index (χ2v) is 18.3. The zero-order chi connectivity index (χ0) is 53.3. The summed E-state index contributed by atoms with van der Waals surface area (Å²) >= 11 is 0. The number of carboxylic acids is 3. The molecule has 76 heavy (non-hydrogen) atoms. The van der Waals surface area contributed by atoms with E-state index in [-0.39, 0.29) is 21.7 Å². The average Bonchev–Trinajstić information content (AvgIpc) is 3.68. The van der Waals surface area contributed by atoms with Gasteiger partial charge in [0.15, 0.2) is 0 Å². The van der Waals surface area contributed by atoms with Gasteiger partial charge in [-0.25, -0.2) is 5.57 Å². The molecule has 0 heterocycles. The molecule has 1 aliphatic rings. The maximum atomic E-state index is 12.4. The van der Waals surface area contributed by atoms with Crippen molar-refractivity contribution < 1.29 is 51.4 Å². The molecule has 1 aliphatic carbocycles. The summed E-state index contributed by atoms with van der Waals surface area (Å²) in [4.78, 5) is 37.3. The smallest absolute Gasteiger partial charge is 0.323 e. The Labute approximate surface area is 462 Å². The summed E-state index contributed by atoms with van der Waals surface area (Å²) in [5.41, 5.74) is 7.38. The zero-order valence-corrected chi connectivity index (χ0v) is 44.7. The summed E-state index contributed by atoms with van der Waals surface area (Å²) in [6.45, 7) is 8.67. The van der Waals surface area contributed by atoms with E-state index in [0.717, 1.165) is 50.1 Å². The predicted octanol–water partition coefficient (Wildman–Crippen LogP) is 15.0. The van der Waals surface area contributed by atoms with Crippen LogP contribution >= 0.6 is 0 Å². The molecule has 0 aromatic heterocycles. The van der Waals surface area contributed by atoms with Gasteiger partial charge in [0.2, 0.25) is 0 Å². The molecule has 0 fully saturated rings. The van der Waals surface area contributed by atoms with E-state index in [4.69, 9.17) is 0 Å². The molecule has 1 unspecified atom stereocenters. The summed E-state index contributed by atoms with van der Waals surface area (Å²) in [7, 11) is 0. The molecule has 7 heteroatoms. The van der Waals surface area contributed by atoms with Gasteiger partial charge in [0.05, 0.1) is 0 Å². The van der Waals surface area contributed by atoms with Gasteiger partial charge in [0.1, 0.15) is 16.2 Å². The van der Waals surface area contributed by atoms with Crippen LogP contribution in [-0.2, 0) is 52.3 Å². The van der Waals surface area contributed by atoms with Crippen LogP contribution in [0.15, 0.2) is 290 Å². The van der Waals surface area contributed by atoms with Crippen LogP contribution in [0.3, 0.4) is 0 Å². The van der Waals surface area contributed by atoms with Gasteiger partial charge in [0.25, 0.3) is 0 Å². The normalized spacial score (nSPS) is 12.8. The van der Waals surface area contributed by atoms with Crippen molar-refractivity contribution in [2.24, 2.45) is 5.92 Å². The van der Waals surface area contributed by atoms with E-state index < -0.39 is 34.2 Å². The Morgan fingerprint density at radius 2 is 0.461 bits per heavy atom. The molecule has 1 atom stereocenters. The van der Waals surface area contributed by atoms with Crippen LogP contribution in [0.2, 0.25) is 0 Å². The molecule has 0 saturated heterocycles. The van der Waals surface area contributed by atoms with Crippen LogP contribution in [0.5, 0.6) is 0 Å². The van der Waals surface area contributed by atoms with Gasteiger partial charge in [-0.05, 0) is 50.1 Å². The van der Waals surface area contributed by atoms with E-state index in [2.05, 4.69) is 33.8 Å². The second-order valence-electron chi connectivity index (χ2n) is 18.3. The summed E-state index contributed by atoms with van der Waals surface area (Å²) in [6.07, 6.45) is 3.36. The standard InChI is InChI=1S/3C20H16O2.C9H13.Ti/c3*21-19(22)20(16-10-4-1-5-11-16,17-12-6-2-7-13-17)18-14-8-3-9-15-18;1-6-5-7(2)9(4)8(6)3;/h3*1-15H,(H,21,22);6H,1-4H3;/q;;;-1;. The fourth-order valence-electron chi connectivity index (χ4n) is 9.97. The molecular weight excluding hydrogens is 973 g/mol. The third-order valence-electron chi connectivity index (χ3n) is 14.1. The van der Waals surface area contributed by atoms with E-state index >= 15 is 0 Å². The van der Waals surface area contributed by atoms with Crippen molar-refractivity contribution in [3.05, 3.63) is 346 Å². The Morgan fingerprint density at radius 1 is 0.316 bits per heavy atom. The molecule has 378 valence electrons. The van der Waals surface area contributed by atoms with Crippen LogP contribution in [0, 0.1) is 12.0 Å². The number of carboxylic acid groups (broad SMARTS) is 3.